The monoisotopic (exact) mass is 519 g/mol. The largest absolute Gasteiger partial charge is 0.494 e. The van der Waals surface area contributed by atoms with Crippen LogP contribution in [0.2, 0.25) is 19.6 Å². The number of imidazole rings is 1. The van der Waals surface area contributed by atoms with Crippen LogP contribution in [0.3, 0.4) is 0 Å². The van der Waals surface area contributed by atoms with Gasteiger partial charge in [-0.25, -0.2) is 19.9 Å². The standard InChI is InChI=1S/C25H29N7O2SSi/c1-34-17-6-5-7-18-20(17)30-25(35-18)31-24(33)15-8-10-16(11-9-15)32-14-27-21-22(26)28-19(29-23(21)32)12-13-36(2,3)4/h5-7,14-16H,8-11H2,1-4H3,(H2,26,28,29)(H,30,31,33)/t15-,16+. The summed E-state index contributed by atoms with van der Waals surface area (Å²) >= 11 is 1.46. The number of amides is 1. The molecule has 3 aromatic heterocycles. The van der Waals surface area contributed by atoms with Crippen molar-refractivity contribution in [2.45, 2.75) is 51.4 Å². The number of nitrogens with one attached hydrogen (secondary N) is 1. The Morgan fingerprint density at radius 2 is 1.94 bits per heavy atom. The Hall–Kier alpha value is -3.49. The fourth-order valence-corrected chi connectivity index (χ4v) is 5.84. The van der Waals surface area contributed by atoms with Crippen LogP contribution in [-0.4, -0.2) is 45.6 Å². The number of para-hydroxylation sites is 1. The van der Waals surface area contributed by atoms with Crippen LogP contribution in [0.15, 0.2) is 24.5 Å². The van der Waals surface area contributed by atoms with Gasteiger partial charge in [-0.05, 0) is 43.7 Å². The number of rotatable bonds is 4. The normalized spacial score (nSPS) is 18.1. The van der Waals surface area contributed by atoms with Crippen LogP contribution in [0.5, 0.6) is 5.75 Å². The van der Waals surface area contributed by atoms with Crippen molar-refractivity contribution in [1.29, 1.82) is 0 Å². The zero-order valence-corrected chi connectivity index (χ0v) is 22.6. The second kappa shape index (κ2) is 9.52. The number of carbonyl (C=O) groups excluding carboxylic acids is 1. The molecule has 0 spiro atoms. The smallest absolute Gasteiger partial charge is 0.229 e. The molecule has 4 aromatic rings. The molecule has 0 aliphatic heterocycles. The van der Waals surface area contributed by atoms with Gasteiger partial charge in [0.25, 0.3) is 0 Å². The maximum absolute atomic E-state index is 13.0. The molecule has 3 N–H and O–H groups in total. The number of thiazole rings is 1. The number of nitrogen functional groups attached to an aromatic ring is 1. The van der Waals surface area contributed by atoms with Gasteiger partial charge in [-0.2, -0.15) is 0 Å². The van der Waals surface area contributed by atoms with Crippen molar-refractivity contribution in [3.8, 4) is 17.2 Å². The van der Waals surface area contributed by atoms with E-state index in [0.717, 1.165) is 35.9 Å². The van der Waals surface area contributed by atoms with E-state index in [4.69, 9.17) is 10.5 Å². The molecule has 1 amide bonds. The SMILES string of the molecule is COc1cccc2sc(NC(=O)[C@H]3CC[C@@H](n4cnc5c(N)nc(C#C[Si](C)(C)C)nc54)CC3)nc12. The van der Waals surface area contributed by atoms with Gasteiger partial charge in [0.1, 0.15) is 24.9 Å². The van der Waals surface area contributed by atoms with E-state index in [1.54, 1.807) is 13.4 Å². The maximum Gasteiger partial charge on any atom is 0.229 e. The lowest BCUT2D eigenvalue weighted by Crippen LogP contribution is -2.28. The highest BCUT2D eigenvalue weighted by Crippen LogP contribution is 2.36. The van der Waals surface area contributed by atoms with Crippen molar-refractivity contribution in [1.82, 2.24) is 24.5 Å². The van der Waals surface area contributed by atoms with Gasteiger partial charge in [-0.15, -0.1) is 5.54 Å². The minimum atomic E-state index is -1.57. The van der Waals surface area contributed by atoms with E-state index in [0.29, 0.717) is 33.7 Å². The summed E-state index contributed by atoms with van der Waals surface area (Å²) < 4.78 is 8.44. The van der Waals surface area contributed by atoms with Gasteiger partial charge in [0.15, 0.2) is 16.6 Å². The molecule has 0 saturated heterocycles. The topological polar surface area (TPSA) is 121 Å². The molecule has 11 heteroatoms. The second-order valence-electron chi connectivity index (χ2n) is 10.1. The Labute approximate surface area is 214 Å². The van der Waals surface area contributed by atoms with Crippen molar-refractivity contribution in [3.05, 3.63) is 30.4 Å². The first-order valence-corrected chi connectivity index (χ1v) is 16.3. The van der Waals surface area contributed by atoms with E-state index in [2.05, 4.69) is 60.9 Å². The number of fused-ring (bicyclic) bond motifs is 2. The zero-order chi connectivity index (χ0) is 25.4. The van der Waals surface area contributed by atoms with E-state index >= 15 is 0 Å². The number of ether oxygens (including phenoxy) is 1. The number of carbonyl (C=O) groups is 1. The molecular formula is C25H29N7O2SSi. The van der Waals surface area contributed by atoms with Crippen molar-refractivity contribution >= 4 is 57.6 Å². The molecule has 1 aromatic carbocycles. The Kier molecular flexibility index (Phi) is 6.40. The summed E-state index contributed by atoms with van der Waals surface area (Å²) in [5, 5.41) is 3.62. The average Bonchev–Trinajstić information content (AvgIpc) is 3.46. The molecule has 0 radical (unpaired) electrons. The number of hydrogen-bond acceptors (Lipinski definition) is 8. The van der Waals surface area contributed by atoms with Crippen molar-refractivity contribution in [3.63, 3.8) is 0 Å². The highest BCUT2D eigenvalue weighted by molar-refractivity contribution is 7.22. The highest BCUT2D eigenvalue weighted by atomic mass is 32.1. The molecule has 5 rings (SSSR count). The highest BCUT2D eigenvalue weighted by Gasteiger charge is 2.29. The summed E-state index contributed by atoms with van der Waals surface area (Å²) in [5.74, 6) is 4.53. The third-order valence-electron chi connectivity index (χ3n) is 6.29. The van der Waals surface area contributed by atoms with Gasteiger partial charge in [0.2, 0.25) is 11.7 Å². The number of nitrogens with two attached hydrogens (primary N) is 1. The Morgan fingerprint density at radius 3 is 2.67 bits per heavy atom. The Balaban J connectivity index is 1.28. The van der Waals surface area contributed by atoms with E-state index in [1.165, 1.54) is 11.3 Å². The molecule has 0 bridgehead atoms. The molecule has 1 fully saturated rings. The van der Waals surface area contributed by atoms with Gasteiger partial charge < -0.3 is 20.4 Å². The second-order valence-corrected chi connectivity index (χ2v) is 15.9. The molecule has 0 unspecified atom stereocenters. The van der Waals surface area contributed by atoms with E-state index in [9.17, 15) is 4.79 Å². The number of benzene rings is 1. The lowest BCUT2D eigenvalue weighted by Gasteiger charge is -2.28. The number of aromatic nitrogens is 5. The molecular weight excluding hydrogens is 490 g/mol. The van der Waals surface area contributed by atoms with Gasteiger partial charge in [-0.1, -0.05) is 37.0 Å². The summed E-state index contributed by atoms with van der Waals surface area (Å²) in [5.41, 5.74) is 11.5. The van der Waals surface area contributed by atoms with Crippen LogP contribution in [0.4, 0.5) is 10.9 Å². The number of methoxy groups -OCH3 is 1. The van der Waals surface area contributed by atoms with Crippen LogP contribution in [-0.2, 0) is 4.79 Å². The first kappa shape index (κ1) is 24.2. The molecule has 9 nitrogen and oxygen atoms in total. The van der Waals surface area contributed by atoms with Crippen molar-refractivity contribution < 1.29 is 9.53 Å². The lowest BCUT2D eigenvalue weighted by molar-refractivity contribution is -0.120. The van der Waals surface area contributed by atoms with Crippen molar-refractivity contribution in [2.75, 3.05) is 18.2 Å². The molecule has 186 valence electrons. The Bertz CT molecular complexity index is 1500. The van der Waals surface area contributed by atoms with Crippen LogP contribution in [0.1, 0.15) is 37.5 Å². The molecule has 1 aliphatic rings. The number of anilines is 2. The summed E-state index contributed by atoms with van der Waals surface area (Å²) in [6, 6.07) is 5.96. The molecule has 3 heterocycles. The quantitative estimate of drug-likeness (QED) is 0.298. The summed E-state index contributed by atoms with van der Waals surface area (Å²) in [4.78, 5) is 31.1. The van der Waals surface area contributed by atoms with Crippen LogP contribution >= 0.6 is 11.3 Å². The minimum absolute atomic E-state index is 0.0115. The van der Waals surface area contributed by atoms with E-state index < -0.39 is 8.07 Å². The molecule has 36 heavy (non-hydrogen) atoms. The predicted octanol–water partition coefficient (Wildman–Crippen LogP) is 4.63. The minimum Gasteiger partial charge on any atom is -0.494 e. The third kappa shape index (κ3) is 4.92. The van der Waals surface area contributed by atoms with Crippen molar-refractivity contribution in [2.24, 2.45) is 5.92 Å². The third-order valence-corrected chi connectivity index (χ3v) is 8.10. The molecule has 1 saturated carbocycles. The Morgan fingerprint density at radius 1 is 1.17 bits per heavy atom. The molecule has 0 atom stereocenters. The van der Waals surface area contributed by atoms with Crippen LogP contribution < -0.4 is 15.8 Å². The summed E-state index contributed by atoms with van der Waals surface area (Å²) in [6.07, 6.45) is 5.01. The first-order chi connectivity index (χ1) is 17.2. The number of nitrogens with zero attached hydrogens (tertiary/aromatic N) is 5. The van der Waals surface area contributed by atoms with Crippen LogP contribution in [0, 0.1) is 17.4 Å². The zero-order valence-electron chi connectivity index (χ0n) is 20.8. The fourth-order valence-electron chi connectivity index (χ4n) is 4.47. The van der Waals surface area contributed by atoms with Gasteiger partial charge in [0.05, 0.1) is 18.1 Å². The summed E-state index contributed by atoms with van der Waals surface area (Å²) in [6.45, 7) is 6.53. The lowest BCUT2D eigenvalue weighted by atomic mass is 9.85. The molecule has 1 aliphatic carbocycles. The fraction of sp³-hybridized carbons (Fsp3) is 0.400. The number of hydrogen-bond donors (Lipinski definition) is 2. The van der Waals surface area contributed by atoms with E-state index in [-0.39, 0.29) is 17.9 Å². The van der Waals surface area contributed by atoms with Gasteiger partial charge >= 0.3 is 0 Å². The maximum atomic E-state index is 13.0. The van der Waals surface area contributed by atoms with Crippen LogP contribution in [0.25, 0.3) is 21.4 Å². The van der Waals surface area contributed by atoms with E-state index in [1.807, 2.05) is 18.2 Å². The van der Waals surface area contributed by atoms with Gasteiger partial charge in [0, 0.05) is 12.0 Å². The first-order valence-electron chi connectivity index (χ1n) is 12.0. The predicted molar refractivity (Wildman–Crippen MR) is 146 cm³/mol. The summed E-state index contributed by atoms with van der Waals surface area (Å²) in [7, 11) is 0.0529. The average molecular weight is 520 g/mol. The van der Waals surface area contributed by atoms with Gasteiger partial charge in [-0.3, -0.25) is 4.79 Å².